The van der Waals surface area contributed by atoms with Gasteiger partial charge in [0.05, 0.1) is 17.7 Å². The van der Waals surface area contributed by atoms with Crippen LogP contribution in [0.25, 0.3) is 10.9 Å². The van der Waals surface area contributed by atoms with E-state index in [9.17, 15) is 4.79 Å². The highest BCUT2D eigenvalue weighted by Gasteiger charge is 2.44. The lowest BCUT2D eigenvalue weighted by atomic mass is 10.1. The number of rotatable bonds is 6. The van der Waals surface area contributed by atoms with Crippen LogP contribution in [0.3, 0.4) is 0 Å². The van der Waals surface area contributed by atoms with Crippen LogP contribution >= 0.6 is 11.8 Å². The third-order valence-electron chi connectivity index (χ3n) is 3.80. The zero-order valence-corrected chi connectivity index (χ0v) is 12.4. The number of carboxylic acid groups (broad SMARTS) is 1. The van der Waals surface area contributed by atoms with E-state index in [1.54, 1.807) is 11.8 Å². The van der Waals surface area contributed by atoms with Gasteiger partial charge in [-0.1, -0.05) is 12.1 Å². The Morgan fingerprint density at radius 3 is 2.81 bits per heavy atom. The summed E-state index contributed by atoms with van der Waals surface area (Å²) in [5.74, 6) is 2.01. The van der Waals surface area contributed by atoms with Crippen molar-refractivity contribution in [3.63, 3.8) is 0 Å². The number of para-hydroxylation sites is 1. The molecular formula is C15H17N3O2S. The third kappa shape index (κ3) is 3.26. The van der Waals surface area contributed by atoms with E-state index in [0.717, 1.165) is 29.5 Å². The van der Waals surface area contributed by atoms with Gasteiger partial charge in [-0.05, 0) is 36.1 Å². The van der Waals surface area contributed by atoms with Crippen molar-refractivity contribution in [1.29, 1.82) is 0 Å². The Kier molecular flexibility index (Phi) is 3.71. The lowest BCUT2D eigenvalue weighted by Gasteiger charge is -2.11. The lowest BCUT2D eigenvalue weighted by molar-refractivity contribution is -0.138. The van der Waals surface area contributed by atoms with Crippen LogP contribution in [0.2, 0.25) is 0 Å². The summed E-state index contributed by atoms with van der Waals surface area (Å²) in [7, 11) is 0. The topological polar surface area (TPSA) is 89.1 Å². The molecule has 2 aromatic rings. The summed E-state index contributed by atoms with van der Waals surface area (Å²) in [4.78, 5) is 19.7. The number of aromatic nitrogens is 2. The Labute approximate surface area is 127 Å². The highest BCUT2D eigenvalue weighted by Crippen LogP contribution is 2.51. The van der Waals surface area contributed by atoms with Gasteiger partial charge in [-0.2, -0.15) is 11.8 Å². The molecule has 0 spiro atoms. The van der Waals surface area contributed by atoms with E-state index in [2.05, 4.69) is 9.97 Å². The fraction of sp³-hybridized carbons (Fsp3) is 0.400. The minimum atomic E-state index is -0.709. The van der Waals surface area contributed by atoms with Crippen molar-refractivity contribution in [2.24, 2.45) is 5.41 Å². The number of hydrogen-bond donors (Lipinski definition) is 2. The fourth-order valence-electron chi connectivity index (χ4n) is 2.44. The molecule has 1 aliphatic carbocycles. The number of nitrogens with two attached hydrogens (primary N) is 1. The van der Waals surface area contributed by atoms with Gasteiger partial charge in [0, 0.05) is 5.39 Å². The van der Waals surface area contributed by atoms with Crippen LogP contribution in [0.4, 0.5) is 5.82 Å². The van der Waals surface area contributed by atoms with Crippen molar-refractivity contribution in [3.8, 4) is 0 Å². The largest absolute Gasteiger partial charge is 0.481 e. The first-order valence-corrected chi connectivity index (χ1v) is 8.04. The normalized spacial score (nSPS) is 16.0. The van der Waals surface area contributed by atoms with Crippen LogP contribution in [0.5, 0.6) is 0 Å². The van der Waals surface area contributed by atoms with Crippen molar-refractivity contribution in [2.45, 2.75) is 25.0 Å². The average Bonchev–Trinajstić information content (AvgIpc) is 3.18. The van der Waals surface area contributed by atoms with Crippen molar-refractivity contribution in [1.82, 2.24) is 9.97 Å². The maximum Gasteiger partial charge on any atom is 0.303 e. The summed E-state index contributed by atoms with van der Waals surface area (Å²) in [6, 6.07) is 7.68. The number of carboxylic acids is 1. The van der Waals surface area contributed by atoms with Gasteiger partial charge in [-0.15, -0.1) is 0 Å². The molecule has 0 saturated heterocycles. The van der Waals surface area contributed by atoms with E-state index < -0.39 is 5.97 Å². The van der Waals surface area contributed by atoms with Gasteiger partial charge in [0.25, 0.3) is 0 Å². The molecule has 1 heterocycles. The molecule has 1 aromatic heterocycles. The summed E-state index contributed by atoms with van der Waals surface area (Å²) >= 11 is 1.69. The summed E-state index contributed by atoms with van der Waals surface area (Å²) in [5.41, 5.74) is 6.81. The Morgan fingerprint density at radius 1 is 1.33 bits per heavy atom. The predicted molar refractivity (Wildman–Crippen MR) is 84.0 cm³/mol. The number of thioether (sulfide) groups is 1. The average molecular weight is 303 g/mol. The quantitative estimate of drug-likeness (QED) is 0.853. The molecule has 1 fully saturated rings. The van der Waals surface area contributed by atoms with E-state index in [1.807, 2.05) is 24.3 Å². The summed E-state index contributed by atoms with van der Waals surface area (Å²) in [6.45, 7) is 0. The monoisotopic (exact) mass is 303 g/mol. The number of benzene rings is 1. The SMILES string of the molecule is Nc1nc(CSCC2(CC(=O)O)CC2)nc2ccccc12. The molecule has 6 heteroatoms. The molecule has 1 saturated carbocycles. The zero-order valence-electron chi connectivity index (χ0n) is 11.6. The number of anilines is 1. The van der Waals surface area contributed by atoms with Crippen molar-refractivity contribution >= 4 is 34.5 Å². The smallest absolute Gasteiger partial charge is 0.303 e. The number of carbonyl (C=O) groups is 1. The second kappa shape index (κ2) is 5.52. The standard InChI is InChI=1S/C15H17N3O2S/c16-14-10-3-1-2-4-11(10)17-12(18-14)8-21-9-15(5-6-15)7-13(19)20/h1-4H,5-9H2,(H,19,20)(H2,16,17,18). The van der Waals surface area contributed by atoms with Gasteiger partial charge >= 0.3 is 5.97 Å². The predicted octanol–water partition coefficient (Wildman–Crippen LogP) is 2.70. The van der Waals surface area contributed by atoms with Crippen molar-refractivity contribution in [3.05, 3.63) is 30.1 Å². The summed E-state index contributed by atoms with van der Waals surface area (Å²) in [6.07, 6.45) is 2.28. The van der Waals surface area contributed by atoms with E-state index in [-0.39, 0.29) is 11.8 Å². The van der Waals surface area contributed by atoms with Gasteiger partial charge < -0.3 is 10.8 Å². The van der Waals surface area contributed by atoms with Crippen LogP contribution in [-0.4, -0.2) is 26.8 Å². The second-order valence-corrected chi connectivity index (χ2v) is 6.59. The molecule has 3 N–H and O–H groups in total. The molecule has 0 aliphatic heterocycles. The van der Waals surface area contributed by atoms with Crippen LogP contribution in [-0.2, 0) is 10.5 Å². The molecule has 21 heavy (non-hydrogen) atoms. The van der Waals surface area contributed by atoms with Gasteiger partial charge in [0.2, 0.25) is 0 Å². The lowest BCUT2D eigenvalue weighted by Crippen LogP contribution is -2.11. The molecule has 3 rings (SSSR count). The summed E-state index contributed by atoms with van der Waals surface area (Å²) < 4.78 is 0. The second-order valence-electron chi connectivity index (χ2n) is 5.61. The van der Waals surface area contributed by atoms with Crippen LogP contribution in [0.15, 0.2) is 24.3 Å². The molecule has 0 amide bonds. The maximum atomic E-state index is 10.8. The first-order chi connectivity index (χ1) is 10.1. The molecule has 0 atom stereocenters. The number of nitrogens with zero attached hydrogens (tertiary/aromatic N) is 2. The minimum Gasteiger partial charge on any atom is -0.481 e. The van der Waals surface area contributed by atoms with E-state index in [4.69, 9.17) is 10.8 Å². The molecule has 0 radical (unpaired) electrons. The molecule has 0 unspecified atom stereocenters. The summed E-state index contributed by atoms with van der Waals surface area (Å²) in [5, 5.41) is 9.78. The van der Waals surface area contributed by atoms with Gasteiger partial charge in [0.1, 0.15) is 11.6 Å². The first kappa shape index (κ1) is 14.1. The number of fused-ring (bicyclic) bond motifs is 1. The van der Waals surface area contributed by atoms with Gasteiger partial charge in [0.15, 0.2) is 0 Å². The van der Waals surface area contributed by atoms with Gasteiger partial charge in [-0.25, -0.2) is 9.97 Å². The van der Waals surface area contributed by atoms with Gasteiger partial charge in [-0.3, -0.25) is 4.79 Å². The minimum absolute atomic E-state index is 0.00110. The molecule has 110 valence electrons. The Bertz CT molecular complexity index is 686. The highest BCUT2D eigenvalue weighted by atomic mass is 32.2. The number of aliphatic carboxylic acids is 1. The molecule has 1 aliphatic rings. The van der Waals surface area contributed by atoms with Crippen molar-refractivity contribution < 1.29 is 9.90 Å². The molecule has 5 nitrogen and oxygen atoms in total. The molecular weight excluding hydrogens is 286 g/mol. The van der Waals surface area contributed by atoms with E-state index in [1.165, 1.54) is 0 Å². The van der Waals surface area contributed by atoms with E-state index >= 15 is 0 Å². The highest BCUT2D eigenvalue weighted by molar-refractivity contribution is 7.98. The Hall–Kier alpha value is -1.82. The fourth-order valence-corrected chi connectivity index (χ4v) is 3.68. The maximum absolute atomic E-state index is 10.8. The molecule has 0 bridgehead atoms. The van der Waals surface area contributed by atoms with Crippen LogP contribution in [0.1, 0.15) is 25.1 Å². The van der Waals surface area contributed by atoms with E-state index in [0.29, 0.717) is 17.4 Å². The third-order valence-corrected chi connectivity index (χ3v) is 5.08. The zero-order chi connectivity index (χ0) is 14.9. The Balaban J connectivity index is 1.65. The van der Waals surface area contributed by atoms with Crippen LogP contribution < -0.4 is 5.73 Å². The van der Waals surface area contributed by atoms with Crippen molar-refractivity contribution in [2.75, 3.05) is 11.5 Å². The molecule has 1 aromatic carbocycles. The Morgan fingerprint density at radius 2 is 2.10 bits per heavy atom. The van der Waals surface area contributed by atoms with Crippen LogP contribution in [0, 0.1) is 5.41 Å². The number of hydrogen-bond acceptors (Lipinski definition) is 5. The number of nitrogen functional groups attached to an aromatic ring is 1. The first-order valence-electron chi connectivity index (χ1n) is 6.89.